The van der Waals surface area contributed by atoms with Gasteiger partial charge in [-0.1, -0.05) is 12.8 Å². The minimum atomic E-state index is -0.191. The van der Waals surface area contributed by atoms with Crippen molar-refractivity contribution in [1.29, 1.82) is 0 Å². The van der Waals surface area contributed by atoms with Crippen LogP contribution >= 0.6 is 0 Å². The Hall–Kier alpha value is -1.10. The summed E-state index contributed by atoms with van der Waals surface area (Å²) in [6.07, 6.45) is 5.02. The Morgan fingerprint density at radius 3 is 2.37 bits per heavy atom. The lowest BCUT2D eigenvalue weighted by Crippen LogP contribution is -2.45. The van der Waals surface area contributed by atoms with Crippen LogP contribution in [0.25, 0.3) is 0 Å². The molecule has 0 spiro atoms. The molecule has 1 amide bonds. The van der Waals surface area contributed by atoms with E-state index in [1.165, 1.54) is 7.11 Å². The number of amides is 1. The van der Waals surface area contributed by atoms with Gasteiger partial charge in [0, 0.05) is 32.6 Å². The number of rotatable bonds is 4. The van der Waals surface area contributed by atoms with E-state index in [1.807, 2.05) is 4.90 Å². The quantitative estimate of drug-likeness (QED) is 0.712. The van der Waals surface area contributed by atoms with E-state index in [4.69, 9.17) is 4.74 Å². The zero-order valence-electron chi connectivity index (χ0n) is 11.7. The minimum Gasteiger partial charge on any atom is -0.469 e. The smallest absolute Gasteiger partial charge is 0.306 e. The molecule has 0 bridgehead atoms. The van der Waals surface area contributed by atoms with Crippen LogP contribution in [0.3, 0.4) is 0 Å². The van der Waals surface area contributed by atoms with Gasteiger partial charge < -0.3 is 9.64 Å². The lowest BCUT2D eigenvalue weighted by atomic mass is 9.79. The zero-order valence-corrected chi connectivity index (χ0v) is 11.7. The molecule has 0 atom stereocenters. The predicted molar refractivity (Wildman–Crippen MR) is 70.6 cm³/mol. The highest BCUT2D eigenvalue weighted by Gasteiger charge is 2.39. The van der Waals surface area contributed by atoms with E-state index in [9.17, 15) is 9.59 Å². The molecule has 19 heavy (non-hydrogen) atoms. The maximum absolute atomic E-state index is 12.4. The van der Waals surface area contributed by atoms with Gasteiger partial charge in [0.05, 0.1) is 13.5 Å². The second-order valence-electron chi connectivity index (χ2n) is 5.69. The first-order valence-electron chi connectivity index (χ1n) is 7.13. The molecule has 5 nitrogen and oxygen atoms in total. The number of ether oxygens (including phenoxy) is 1. The number of nitrogens with zero attached hydrogens (tertiary/aromatic N) is 2. The fourth-order valence-electron chi connectivity index (χ4n) is 3.21. The van der Waals surface area contributed by atoms with E-state index < -0.39 is 0 Å². The van der Waals surface area contributed by atoms with E-state index in [2.05, 4.69) is 5.32 Å². The van der Waals surface area contributed by atoms with E-state index >= 15 is 0 Å². The highest BCUT2D eigenvalue weighted by molar-refractivity contribution is 5.78. The lowest BCUT2D eigenvalue weighted by Gasteiger charge is -2.32. The lowest BCUT2D eigenvalue weighted by molar-refractivity contribution is -0.144. The van der Waals surface area contributed by atoms with Crippen molar-refractivity contribution < 1.29 is 14.3 Å². The van der Waals surface area contributed by atoms with Crippen molar-refractivity contribution in [2.45, 2.75) is 38.5 Å². The van der Waals surface area contributed by atoms with Crippen LogP contribution in [0.1, 0.15) is 38.5 Å². The molecule has 0 unspecified atom stereocenters. The average Bonchev–Trinajstić information content (AvgIpc) is 2.87. The number of carbonyl (C=O) groups is 2. The Labute approximate surface area is 114 Å². The second-order valence-corrected chi connectivity index (χ2v) is 5.69. The largest absolute Gasteiger partial charge is 0.469 e. The Morgan fingerprint density at radius 2 is 1.79 bits per heavy atom. The Kier molecular flexibility index (Phi) is 4.80. The zero-order chi connectivity index (χ0) is 13.7. The highest BCUT2D eigenvalue weighted by atomic mass is 16.5. The molecule has 1 radical (unpaired) electrons. The van der Waals surface area contributed by atoms with Crippen molar-refractivity contribution in [3.8, 4) is 0 Å². The van der Waals surface area contributed by atoms with Gasteiger partial charge >= 0.3 is 5.97 Å². The number of methoxy groups -OCH3 is 1. The molecule has 0 aromatic heterocycles. The summed E-state index contributed by atoms with van der Waals surface area (Å²) in [4.78, 5) is 25.8. The molecule has 0 N–H and O–H groups in total. The van der Waals surface area contributed by atoms with Crippen LogP contribution in [0, 0.1) is 5.41 Å². The Bertz CT molecular complexity index is 332. The number of esters is 1. The van der Waals surface area contributed by atoms with Crippen LogP contribution in [0.4, 0.5) is 0 Å². The maximum Gasteiger partial charge on any atom is 0.306 e. The first-order chi connectivity index (χ1) is 9.15. The third-order valence-corrected chi connectivity index (χ3v) is 4.35. The molecule has 1 aliphatic carbocycles. The number of carbonyl (C=O) groups excluding carboxylic acids is 2. The first kappa shape index (κ1) is 14.3. The maximum atomic E-state index is 12.4. The third-order valence-electron chi connectivity index (χ3n) is 4.35. The predicted octanol–water partition coefficient (Wildman–Crippen LogP) is 0.947. The third kappa shape index (κ3) is 3.69. The molecule has 1 heterocycles. The van der Waals surface area contributed by atoms with Crippen LogP contribution in [-0.4, -0.2) is 50.1 Å². The SMILES string of the molecule is COC(=O)CC1(CC(=O)N2CC[N]CC2)CCCC1. The topological polar surface area (TPSA) is 60.7 Å². The van der Waals surface area contributed by atoms with Crippen LogP contribution in [0.2, 0.25) is 0 Å². The van der Waals surface area contributed by atoms with Crippen LogP contribution < -0.4 is 5.32 Å². The normalized spacial score (nSPS) is 22.3. The van der Waals surface area contributed by atoms with Gasteiger partial charge in [-0.2, -0.15) is 0 Å². The summed E-state index contributed by atoms with van der Waals surface area (Å²) >= 11 is 0. The fourth-order valence-corrected chi connectivity index (χ4v) is 3.21. The van der Waals surface area contributed by atoms with Gasteiger partial charge in [0.2, 0.25) is 5.91 Å². The summed E-state index contributed by atoms with van der Waals surface area (Å²) in [5.74, 6) is -0.0101. The van der Waals surface area contributed by atoms with Crippen LogP contribution in [0.15, 0.2) is 0 Å². The van der Waals surface area contributed by atoms with Gasteiger partial charge in [0.25, 0.3) is 0 Å². The van der Waals surface area contributed by atoms with Crippen molar-refractivity contribution >= 4 is 11.9 Å². The number of hydrogen-bond acceptors (Lipinski definition) is 3. The monoisotopic (exact) mass is 267 g/mol. The molecule has 1 saturated heterocycles. The van der Waals surface area contributed by atoms with Crippen LogP contribution in [-0.2, 0) is 14.3 Å². The van der Waals surface area contributed by atoms with Crippen molar-refractivity contribution in [2.24, 2.45) is 5.41 Å². The number of piperazine rings is 1. The summed E-state index contributed by atoms with van der Waals surface area (Å²) in [5, 5.41) is 4.25. The summed E-state index contributed by atoms with van der Waals surface area (Å²) in [6.45, 7) is 2.95. The fraction of sp³-hybridized carbons (Fsp3) is 0.857. The molecule has 0 aromatic carbocycles. The molecule has 0 aromatic rings. The average molecular weight is 267 g/mol. The minimum absolute atomic E-state index is 0.154. The van der Waals surface area contributed by atoms with Crippen molar-refractivity contribution in [2.75, 3.05) is 33.3 Å². The van der Waals surface area contributed by atoms with Gasteiger partial charge in [0.15, 0.2) is 0 Å². The Morgan fingerprint density at radius 1 is 1.16 bits per heavy atom. The van der Waals surface area contributed by atoms with E-state index in [0.29, 0.717) is 12.8 Å². The molecular formula is C14H23N2O3. The highest BCUT2D eigenvalue weighted by Crippen LogP contribution is 2.44. The van der Waals surface area contributed by atoms with Crippen molar-refractivity contribution in [3.63, 3.8) is 0 Å². The van der Waals surface area contributed by atoms with Gasteiger partial charge in [-0.15, -0.1) is 0 Å². The summed E-state index contributed by atoms with van der Waals surface area (Å²) < 4.78 is 4.79. The van der Waals surface area contributed by atoms with Crippen molar-refractivity contribution in [1.82, 2.24) is 10.2 Å². The van der Waals surface area contributed by atoms with Crippen molar-refractivity contribution in [3.05, 3.63) is 0 Å². The number of hydrogen-bond donors (Lipinski definition) is 0. The van der Waals surface area contributed by atoms with E-state index in [-0.39, 0.29) is 17.3 Å². The molecule has 2 fully saturated rings. The molecular weight excluding hydrogens is 244 g/mol. The molecule has 1 aliphatic heterocycles. The molecule has 2 rings (SSSR count). The standard InChI is InChI=1S/C14H23N2O3/c1-19-13(18)11-14(4-2-3-5-14)10-12(17)16-8-6-15-7-9-16/h2-11H2,1H3. The van der Waals surface area contributed by atoms with Crippen LogP contribution in [0.5, 0.6) is 0 Å². The summed E-state index contributed by atoms with van der Waals surface area (Å²) in [7, 11) is 1.42. The van der Waals surface area contributed by atoms with E-state index in [0.717, 1.165) is 51.9 Å². The summed E-state index contributed by atoms with van der Waals surface area (Å²) in [5.41, 5.74) is -0.154. The first-order valence-corrected chi connectivity index (χ1v) is 7.13. The van der Waals surface area contributed by atoms with Gasteiger partial charge in [0.1, 0.15) is 0 Å². The van der Waals surface area contributed by atoms with Gasteiger partial charge in [-0.25, -0.2) is 5.32 Å². The molecule has 107 valence electrons. The van der Waals surface area contributed by atoms with Gasteiger partial charge in [-0.3, -0.25) is 9.59 Å². The molecule has 2 aliphatic rings. The molecule has 5 heteroatoms. The van der Waals surface area contributed by atoms with E-state index in [1.54, 1.807) is 0 Å². The summed E-state index contributed by atoms with van der Waals surface area (Å²) in [6, 6.07) is 0. The Balaban J connectivity index is 1.95. The van der Waals surface area contributed by atoms with Gasteiger partial charge in [-0.05, 0) is 18.3 Å². The second kappa shape index (κ2) is 6.37. The molecule has 1 saturated carbocycles.